The van der Waals surface area contributed by atoms with Crippen LogP contribution in [0.4, 0.5) is 0 Å². The molecule has 0 spiro atoms. The molecular weight excluding hydrogens is 200 g/mol. The zero-order chi connectivity index (χ0) is 11.2. The molecule has 0 saturated carbocycles. The lowest BCUT2D eigenvalue weighted by Gasteiger charge is -1.91. The Morgan fingerprint density at radius 2 is 1.75 bits per heavy atom. The van der Waals surface area contributed by atoms with E-state index >= 15 is 0 Å². The Hall–Kier alpha value is -2.16. The Balaban J connectivity index is 0.000000138. The topological polar surface area (TPSA) is 38.9 Å². The summed E-state index contributed by atoms with van der Waals surface area (Å²) in [5.41, 5.74) is 1.06. The van der Waals surface area contributed by atoms with Gasteiger partial charge in [0.25, 0.3) is 0 Å². The molecule has 3 aromatic rings. The van der Waals surface area contributed by atoms with Crippen molar-refractivity contribution in [2.24, 2.45) is 0 Å². The maximum Gasteiger partial charge on any atom is 0.190 e. The van der Waals surface area contributed by atoms with Gasteiger partial charge in [0.1, 0.15) is 6.26 Å². The Bertz CT molecular complexity index is 481. The van der Waals surface area contributed by atoms with E-state index in [-0.39, 0.29) is 0 Å². The smallest absolute Gasteiger partial charge is 0.190 e. The highest BCUT2D eigenvalue weighted by atomic mass is 16.3. The first-order chi connectivity index (χ1) is 7.86. The molecule has 0 aliphatic carbocycles. The average molecular weight is 212 g/mol. The molecule has 0 aliphatic rings. The van der Waals surface area contributed by atoms with Crippen LogP contribution in [-0.2, 0) is 0 Å². The van der Waals surface area contributed by atoms with Gasteiger partial charge in [-0.25, -0.2) is 4.98 Å². The number of pyridine rings is 1. The predicted molar refractivity (Wildman–Crippen MR) is 63.0 cm³/mol. The minimum absolute atomic E-state index is 0.718. The molecule has 3 rings (SSSR count). The number of nitrogens with zero attached hydrogens (tertiary/aromatic N) is 2. The van der Waals surface area contributed by atoms with Crippen LogP contribution in [0.2, 0.25) is 0 Å². The Labute approximate surface area is 93.8 Å². The highest BCUT2D eigenvalue weighted by Crippen LogP contribution is 2.07. The summed E-state index contributed by atoms with van der Waals surface area (Å²) in [5.74, 6) is 0.718. The molecule has 2 heterocycles. The monoisotopic (exact) mass is 212 g/mol. The molecular formula is C13H12N2O. The van der Waals surface area contributed by atoms with Crippen LogP contribution in [0.3, 0.4) is 0 Å². The maximum absolute atomic E-state index is 4.72. The maximum atomic E-state index is 4.72. The number of hydrogen-bond acceptors (Lipinski definition) is 3. The van der Waals surface area contributed by atoms with Crippen molar-refractivity contribution in [3.63, 3.8) is 0 Å². The van der Waals surface area contributed by atoms with Crippen LogP contribution in [0.5, 0.6) is 0 Å². The fourth-order valence-corrected chi connectivity index (χ4v) is 1.31. The lowest BCUT2D eigenvalue weighted by atomic mass is 10.2. The van der Waals surface area contributed by atoms with Gasteiger partial charge in [-0.05, 0) is 12.1 Å². The van der Waals surface area contributed by atoms with Crippen LogP contribution in [0.15, 0.2) is 59.5 Å². The zero-order valence-corrected chi connectivity index (χ0v) is 9.00. The van der Waals surface area contributed by atoms with E-state index in [0.717, 1.165) is 11.4 Å². The van der Waals surface area contributed by atoms with Crippen LogP contribution in [0.1, 0.15) is 5.89 Å². The fraction of sp³-hybridized carbons (Fsp3) is 0.0769. The van der Waals surface area contributed by atoms with Crippen LogP contribution in [0, 0.1) is 6.92 Å². The summed E-state index contributed by atoms with van der Waals surface area (Å²) < 4.78 is 4.72. The lowest BCUT2D eigenvalue weighted by Crippen LogP contribution is -1.73. The standard InChI is InChI=1S/C9H7N.C4H5NO/c1-2-6-9-8(4-1)5-3-7-10-9;1-4-5-2-3-6-4/h1-7H;2-3H,1H3. The molecule has 0 unspecified atom stereocenters. The van der Waals surface area contributed by atoms with E-state index in [1.54, 1.807) is 19.4 Å². The fourth-order valence-electron chi connectivity index (χ4n) is 1.31. The first-order valence-electron chi connectivity index (χ1n) is 5.02. The van der Waals surface area contributed by atoms with Crippen molar-refractivity contribution in [2.45, 2.75) is 6.92 Å². The van der Waals surface area contributed by atoms with Gasteiger partial charge in [-0.15, -0.1) is 0 Å². The van der Waals surface area contributed by atoms with E-state index in [2.05, 4.69) is 22.1 Å². The molecule has 0 aliphatic heterocycles. The molecule has 16 heavy (non-hydrogen) atoms. The van der Waals surface area contributed by atoms with E-state index in [1.165, 1.54) is 5.39 Å². The molecule has 0 atom stereocenters. The van der Waals surface area contributed by atoms with Gasteiger partial charge in [0.05, 0.1) is 11.7 Å². The minimum Gasteiger partial charge on any atom is -0.449 e. The summed E-state index contributed by atoms with van der Waals surface area (Å²) in [5, 5.41) is 1.20. The highest BCUT2D eigenvalue weighted by molar-refractivity contribution is 5.77. The normalized spacial score (nSPS) is 9.56. The number of oxazole rings is 1. The van der Waals surface area contributed by atoms with E-state index in [1.807, 2.05) is 30.5 Å². The van der Waals surface area contributed by atoms with Crippen LogP contribution in [0.25, 0.3) is 10.9 Å². The second-order valence-corrected chi connectivity index (χ2v) is 3.25. The van der Waals surface area contributed by atoms with Crippen molar-refractivity contribution in [1.82, 2.24) is 9.97 Å². The Kier molecular flexibility index (Phi) is 3.28. The molecule has 3 heteroatoms. The average Bonchev–Trinajstić information content (AvgIpc) is 2.81. The number of rotatable bonds is 0. The molecule has 0 bridgehead atoms. The number of aromatic nitrogens is 2. The van der Waals surface area contributed by atoms with Crippen LogP contribution in [-0.4, -0.2) is 9.97 Å². The van der Waals surface area contributed by atoms with Crippen molar-refractivity contribution in [3.8, 4) is 0 Å². The van der Waals surface area contributed by atoms with Gasteiger partial charge in [-0.1, -0.05) is 24.3 Å². The van der Waals surface area contributed by atoms with Crippen molar-refractivity contribution < 1.29 is 4.42 Å². The molecule has 2 aromatic heterocycles. The number of fused-ring (bicyclic) bond motifs is 1. The molecule has 0 saturated heterocycles. The van der Waals surface area contributed by atoms with Gasteiger partial charge in [0, 0.05) is 18.5 Å². The molecule has 0 fully saturated rings. The van der Waals surface area contributed by atoms with E-state index in [9.17, 15) is 0 Å². The first kappa shape index (κ1) is 10.4. The lowest BCUT2D eigenvalue weighted by molar-refractivity contribution is 0.521. The van der Waals surface area contributed by atoms with Gasteiger partial charge >= 0.3 is 0 Å². The quantitative estimate of drug-likeness (QED) is 0.574. The summed E-state index contributed by atoms with van der Waals surface area (Å²) in [4.78, 5) is 7.93. The van der Waals surface area contributed by atoms with Crippen molar-refractivity contribution in [2.75, 3.05) is 0 Å². The first-order valence-corrected chi connectivity index (χ1v) is 5.02. The molecule has 0 radical (unpaired) electrons. The van der Waals surface area contributed by atoms with Gasteiger partial charge in [-0.3, -0.25) is 4.98 Å². The van der Waals surface area contributed by atoms with Gasteiger partial charge < -0.3 is 4.42 Å². The molecule has 80 valence electrons. The van der Waals surface area contributed by atoms with E-state index < -0.39 is 0 Å². The van der Waals surface area contributed by atoms with Crippen LogP contribution < -0.4 is 0 Å². The summed E-state index contributed by atoms with van der Waals surface area (Å²) in [6.45, 7) is 1.81. The number of aryl methyl sites for hydroxylation is 1. The molecule has 1 aromatic carbocycles. The van der Waals surface area contributed by atoms with Crippen molar-refractivity contribution in [1.29, 1.82) is 0 Å². The largest absolute Gasteiger partial charge is 0.449 e. The second-order valence-electron chi connectivity index (χ2n) is 3.25. The minimum atomic E-state index is 0.718. The van der Waals surface area contributed by atoms with E-state index in [0.29, 0.717) is 0 Å². The number of hydrogen-bond donors (Lipinski definition) is 0. The van der Waals surface area contributed by atoms with Gasteiger partial charge in [0.2, 0.25) is 0 Å². The summed E-state index contributed by atoms with van der Waals surface area (Å²) in [6.07, 6.45) is 4.98. The van der Waals surface area contributed by atoms with E-state index in [4.69, 9.17) is 4.42 Å². The number of para-hydroxylation sites is 1. The summed E-state index contributed by atoms with van der Waals surface area (Å²) >= 11 is 0. The summed E-state index contributed by atoms with van der Waals surface area (Å²) in [6, 6.07) is 12.1. The molecule has 0 N–H and O–H groups in total. The second kappa shape index (κ2) is 5.07. The van der Waals surface area contributed by atoms with Gasteiger partial charge in [0.15, 0.2) is 5.89 Å². The predicted octanol–water partition coefficient (Wildman–Crippen LogP) is 3.22. The Morgan fingerprint density at radius 3 is 2.38 bits per heavy atom. The SMILES string of the molecule is Cc1ncco1.c1ccc2ncccc2c1. The Morgan fingerprint density at radius 1 is 0.938 bits per heavy atom. The third kappa shape index (κ3) is 2.67. The summed E-state index contributed by atoms with van der Waals surface area (Å²) in [7, 11) is 0. The van der Waals surface area contributed by atoms with Crippen molar-refractivity contribution >= 4 is 10.9 Å². The van der Waals surface area contributed by atoms with Gasteiger partial charge in [-0.2, -0.15) is 0 Å². The third-order valence-corrected chi connectivity index (χ3v) is 2.07. The number of benzene rings is 1. The third-order valence-electron chi connectivity index (χ3n) is 2.07. The molecule has 0 amide bonds. The zero-order valence-electron chi connectivity index (χ0n) is 9.00. The highest BCUT2D eigenvalue weighted by Gasteiger charge is 1.86. The van der Waals surface area contributed by atoms with Crippen LogP contribution >= 0.6 is 0 Å². The molecule has 3 nitrogen and oxygen atoms in total. The van der Waals surface area contributed by atoms with Crippen molar-refractivity contribution in [3.05, 3.63) is 60.9 Å².